The first-order valence-corrected chi connectivity index (χ1v) is 6.86. The van der Waals surface area contributed by atoms with Crippen LogP contribution >= 0.6 is 0 Å². The Morgan fingerprint density at radius 2 is 2.05 bits per heavy atom. The van der Waals surface area contributed by atoms with Crippen molar-refractivity contribution >= 4 is 0 Å². The second-order valence-electron chi connectivity index (χ2n) is 5.60. The molecule has 1 aromatic rings. The zero-order valence-corrected chi connectivity index (χ0v) is 11.6. The molecule has 2 atom stereocenters. The van der Waals surface area contributed by atoms with E-state index in [9.17, 15) is 22.7 Å². The van der Waals surface area contributed by atoms with Gasteiger partial charge < -0.3 is 5.11 Å². The minimum Gasteiger partial charge on any atom is -0.386 e. The third kappa shape index (κ3) is 4.93. The Morgan fingerprint density at radius 1 is 1.38 bits per heavy atom. The molecule has 21 heavy (non-hydrogen) atoms. The van der Waals surface area contributed by atoms with Crippen LogP contribution in [0.5, 0.6) is 0 Å². The fourth-order valence-corrected chi connectivity index (χ4v) is 2.34. The molecule has 1 heterocycles. The normalized spacial score (nSPS) is 18.8. The van der Waals surface area contributed by atoms with Crippen LogP contribution in [0.3, 0.4) is 0 Å². The maximum Gasteiger partial charge on any atom is 0.401 e. The van der Waals surface area contributed by atoms with Crippen molar-refractivity contribution in [1.29, 1.82) is 0 Å². The summed E-state index contributed by atoms with van der Waals surface area (Å²) in [5.74, 6) is -0.943. The highest BCUT2D eigenvalue weighted by atomic mass is 19.4. The van der Waals surface area contributed by atoms with Crippen molar-refractivity contribution in [2.45, 2.75) is 38.1 Å². The summed E-state index contributed by atoms with van der Waals surface area (Å²) in [6.07, 6.45) is -2.76. The van der Waals surface area contributed by atoms with Crippen molar-refractivity contribution in [3.63, 3.8) is 0 Å². The molecule has 3 nitrogen and oxygen atoms in total. The molecule has 0 saturated heterocycles. The molecule has 7 heteroatoms. The molecule has 0 amide bonds. The highest BCUT2D eigenvalue weighted by Gasteiger charge is 2.39. The Morgan fingerprint density at radius 3 is 2.52 bits per heavy atom. The first kappa shape index (κ1) is 16.2. The molecular weight excluding hydrogens is 288 g/mol. The SMILES string of the molecule is CC(CN(CC(F)(F)F)C1CC1)C(O)c1ccc(F)cn1. The maximum absolute atomic E-state index is 12.8. The topological polar surface area (TPSA) is 36.4 Å². The highest BCUT2D eigenvalue weighted by molar-refractivity contribution is 5.09. The first-order valence-electron chi connectivity index (χ1n) is 6.86. The van der Waals surface area contributed by atoms with E-state index < -0.39 is 30.6 Å². The van der Waals surface area contributed by atoms with Gasteiger partial charge in [-0.1, -0.05) is 6.92 Å². The minimum atomic E-state index is -4.25. The lowest BCUT2D eigenvalue weighted by atomic mass is 10.0. The van der Waals surface area contributed by atoms with Crippen LogP contribution in [0.4, 0.5) is 17.6 Å². The minimum absolute atomic E-state index is 0.0533. The lowest BCUT2D eigenvalue weighted by Gasteiger charge is -2.28. The maximum atomic E-state index is 12.8. The monoisotopic (exact) mass is 306 g/mol. The molecule has 1 saturated carbocycles. The molecule has 118 valence electrons. The number of aliphatic hydroxyl groups is 1. The van der Waals surface area contributed by atoms with Crippen molar-refractivity contribution in [1.82, 2.24) is 9.88 Å². The Kier molecular flexibility index (Phi) is 4.83. The number of aliphatic hydroxyl groups excluding tert-OH is 1. The third-order valence-electron chi connectivity index (χ3n) is 3.56. The number of rotatable bonds is 6. The molecule has 1 N–H and O–H groups in total. The summed E-state index contributed by atoms with van der Waals surface area (Å²) in [5.41, 5.74) is 0.270. The Labute approximate surface area is 120 Å². The molecule has 0 spiro atoms. The average molecular weight is 306 g/mol. The Balaban J connectivity index is 1.97. The van der Waals surface area contributed by atoms with E-state index in [1.807, 2.05) is 0 Å². The summed E-state index contributed by atoms with van der Waals surface area (Å²) in [6, 6.07) is 2.47. The molecule has 0 aromatic carbocycles. The van der Waals surface area contributed by atoms with Crippen molar-refractivity contribution in [2.24, 2.45) is 5.92 Å². The summed E-state index contributed by atoms with van der Waals surface area (Å²) in [7, 11) is 0. The van der Waals surface area contributed by atoms with Crippen LogP contribution in [0.1, 0.15) is 31.6 Å². The Hall–Kier alpha value is -1.21. The number of nitrogens with zero attached hydrogens (tertiary/aromatic N) is 2. The zero-order chi connectivity index (χ0) is 15.6. The molecule has 1 aliphatic carbocycles. The van der Waals surface area contributed by atoms with Crippen LogP contribution in [-0.4, -0.2) is 40.3 Å². The molecule has 0 bridgehead atoms. The molecule has 1 fully saturated rings. The molecule has 0 aliphatic heterocycles. The van der Waals surface area contributed by atoms with Gasteiger partial charge in [0.05, 0.1) is 24.5 Å². The number of alkyl halides is 3. The molecule has 0 radical (unpaired) electrons. The van der Waals surface area contributed by atoms with Gasteiger partial charge in [-0.05, 0) is 25.0 Å². The summed E-state index contributed by atoms with van der Waals surface area (Å²) < 4.78 is 50.4. The fourth-order valence-electron chi connectivity index (χ4n) is 2.34. The van der Waals surface area contributed by atoms with Crippen molar-refractivity contribution in [3.05, 3.63) is 29.8 Å². The number of hydrogen-bond donors (Lipinski definition) is 1. The van der Waals surface area contributed by atoms with Crippen molar-refractivity contribution < 1.29 is 22.7 Å². The average Bonchev–Trinajstić information content (AvgIpc) is 3.20. The van der Waals surface area contributed by atoms with Crippen LogP contribution in [-0.2, 0) is 0 Å². The predicted molar refractivity (Wildman–Crippen MR) is 69.0 cm³/mol. The summed E-state index contributed by atoms with van der Waals surface area (Å²) in [5, 5.41) is 10.1. The second kappa shape index (κ2) is 6.27. The van der Waals surface area contributed by atoms with E-state index in [2.05, 4.69) is 4.98 Å². The van der Waals surface area contributed by atoms with Gasteiger partial charge in [0.2, 0.25) is 0 Å². The number of hydrogen-bond acceptors (Lipinski definition) is 3. The van der Waals surface area contributed by atoms with Gasteiger partial charge in [0, 0.05) is 18.5 Å². The first-order chi connectivity index (χ1) is 9.76. The van der Waals surface area contributed by atoms with E-state index >= 15 is 0 Å². The molecule has 1 aromatic heterocycles. The van der Waals surface area contributed by atoms with Gasteiger partial charge in [-0.15, -0.1) is 0 Å². The Bertz CT molecular complexity index is 459. The van der Waals surface area contributed by atoms with E-state index in [1.54, 1.807) is 6.92 Å². The van der Waals surface area contributed by atoms with Gasteiger partial charge in [0.1, 0.15) is 5.82 Å². The quantitative estimate of drug-likeness (QED) is 0.821. The lowest BCUT2D eigenvalue weighted by molar-refractivity contribution is -0.149. The van der Waals surface area contributed by atoms with Crippen molar-refractivity contribution in [3.8, 4) is 0 Å². The van der Waals surface area contributed by atoms with E-state index in [4.69, 9.17) is 0 Å². The summed E-state index contributed by atoms with van der Waals surface area (Å²) >= 11 is 0. The lowest BCUT2D eigenvalue weighted by Crippen LogP contribution is -2.39. The van der Waals surface area contributed by atoms with Gasteiger partial charge in [-0.25, -0.2) is 4.39 Å². The van der Waals surface area contributed by atoms with Crippen molar-refractivity contribution in [2.75, 3.05) is 13.1 Å². The number of aromatic nitrogens is 1. The standard InChI is InChI=1S/C14H18F4N2O/c1-9(13(21)12-5-2-10(15)6-19-12)7-20(11-3-4-11)8-14(16,17)18/h2,5-6,9,11,13,21H,3-4,7-8H2,1H3. The van der Waals surface area contributed by atoms with Gasteiger partial charge in [-0.3, -0.25) is 9.88 Å². The predicted octanol–water partition coefficient (Wildman–Crippen LogP) is 2.92. The molecule has 2 unspecified atom stereocenters. The third-order valence-corrected chi connectivity index (χ3v) is 3.56. The van der Waals surface area contributed by atoms with Crippen LogP contribution in [0.25, 0.3) is 0 Å². The van der Waals surface area contributed by atoms with E-state index in [0.717, 1.165) is 19.0 Å². The second-order valence-corrected chi connectivity index (χ2v) is 5.60. The fraction of sp³-hybridized carbons (Fsp3) is 0.643. The smallest absolute Gasteiger partial charge is 0.386 e. The van der Waals surface area contributed by atoms with Gasteiger partial charge in [0.25, 0.3) is 0 Å². The van der Waals surface area contributed by atoms with Gasteiger partial charge in [0.15, 0.2) is 0 Å². The van der Waals surface area contributed by atoms with Crippen LogP contribution in [0, 0.1) is 11.7 Å². The van der Waals surface area contributed by atoms with Crippen LogP contribution < -0.4 is 0 Å². The van der Waals surface area contributed by atoms with E-state index in [0.29, 0.717) is 0 Å². The van der Waals surface area contributed by atoms with Gasteiger partial charge >= 0.3 is 6.18 Å². The number of pyridine rings is 1. The summed E-state index contributed by atoms with van der Waals surface area (Å²) in [4.78, 5) is 5.13. The van der Waals surface area contributed by atoms with Crippen LogP contribution in [0.2, 0.25) is 0 Å². The van der Waals surface area contributed by atoms with Gasteiger partial charge in [-0.2, -0.15) is 13.2 Å². The highest BCUT2D eigenvalue weighted by Crippen LogP contribution is 2.32. The molecule has 1 aliphatic rings. The summed E-state index contributed by atoms with van der Waals surface area (Å²) in [6.45, 7) is 0.831. The number of halogens is 4. The molecule has 2 rings (SSSR count). The van der Waals surface area contributed by atoms with E-state index in [-0.39, 0.29) is 18.3 Å². The van der Waals surface area contributed by atoms with Crippen LogP contribution in [0.15, 0.2) is 18.3 Å². The van der Waals surface area contributed by atoms with E-state index in [1.165, 1.54) is 17.0 Å². The zero-order valence-electron chi connectivity index (χ0n) is 11.6. The largest absolute Gasteiger partial charge is 0.401 e. The molecular formula is C14H18F4N2O.